The van der Waals surface area contributed by atoms with Crippen LogP contribution in [0.5, 0.6) is 0 Å². The van der Waals surface area contributed by atoms with Crippen molar-refractivity contribution in [2.24, 2.45) is 5.73 Å². The minimum absolute atomic E-state index is 0.562. The van der Waals surface area contributed by atoms with Gasteiger partial charge in [-0.1, -0.05) is 25.0 Å². The molecule has 1 saturated carbocycles. The fourth-order valence-corrected chi connectivity index (χ4v) is 2.81. The Bertz CT molecular complexity index is 526. The third-order valence-electron chi connectivity index (χ3n) is 3.84. The van der Waals surface area contributed by atoms with Crippen LogP contribution in [0, 0.1) is 0 Å². The van der Waals surface area contributed by atoms with E-state index in [0.29, 0.717) is 12.6 Å². The molecule has 18 heavy (non-hydrogen) atoms. The second kappa shape index (κ2) is 5.12. The standard InChI is InChI=1S/C15H20N2O/c16-9-11-4-3-7-15-14(11)8-13(18-15)10-17-12-5-1-2-6-12/h3-4,7-8,12,17H,1-2,5-6,9-10,16H2. The largest absolute Gasteiger partial charge is 0.460 e. The molecule has 1 heterocycles. The Kier molecular flexibility index (Phi) is 3.35. The highest BCUT2D eigenvalue weighted by Crippen LogP contribution is 2.24. The molecule has 3 rings (SSSR count). The van der Waals surface area contributed by atoms with E-state index in [-0.39, 0.29) is 0 Å². The SMILES string of the molecule is NCc1cccc2oc(CNC3CCCC3)cc12. The molecular formula is C15H20N2O. The van der Waals surface area contributed by atoms with E-state index in [4.69, 9.17) is 10.2 Å². The van der Waals surface area contributed by atoms with Crippen molar-refractivity contribution >= 4 is 11.0 Å². The number of benzene rings is 1. The number of nitrogens with one attached hydrogen (secondary N) is 1. The molecule has 0 bridgehead atoms. The molecule has 3 N–H and O–H groups in total. The molecule has 0 unspecified atom stereocenters. The van der Waals surface area contributed by atoms with Crippen molar-refractivity contribution in [1.82, 2.24) is 5.32 Å². The van der Waals surface area contributed by atoms with Gasteiger partial charge in [-0.15, -0.1) is 0 Å². The van der Waals surface area contributed by atoms with Gasteiger partial charge < -0.3 is 15.5 Å². The first-order valence-corrected chi connectivity index (χ1v) is 6.80. The summed E-state index contributed by atoms with van der Waals surface area (Å²) in [6.45, 7) is 1.38. The molecular weight excluding hydrogens is 224 g/mol. The van der Waals surface area contributed by atoms with Crippen LogP contribution in [0.15, 0.2) is 28.7 Å². The molecule has 0 saturated heterocycles. The van der Waals surface area contributed by atoms with E-state index >= 15 is 0 Å². The van der Waals surface area contributed by atoms with Crippen LogP contribution in [-0.2, 0) is 13.1 Å². The van der Waals surface area contributed by atoms with Crippen LogP contribution < -0.4 is 11.1 Å². The topological polar surface area (TPSA) is 51.2 Å². The molecule has 2 aromatic rings. The summed E-state index contributed by atoms with van der Waals surface area (Å²) < 4.78 is 5.85. The highest BCUT2D eigenvalue weighted by molar-refractivity contribution is 5.81. The Labute approximate surface area is 107 Å². The molecule has 1 fully saturated rings. The molecule has 0 radical (unpaired) electrons. The molecule has 0 atom stereocenters. The summed E-state index contributed by atoms with van der Waals surface area (Å²) in [5.74, 6) is 1.01. The lowest BCUT2D eigenvalue weighted by Gasteiger charge is -2.09. The Morgan fingerprint density at radius 3 is 2.89 bits per heavy atom. The fraction of sp³-hybridized carbons (Fsp3) is 0.467. The minimum atomic E-state index is 0.562. The predicted molar refractivity (Wildman–Crippen MR) is 73.2 cm³/mol. The van der Waals surface area contributed by atoms with Gasteiger partial charge in [-0.3, -0.25) is 0 Å². The van der Waals surface area contributed by atoms with Gasteiger partial charge in [0.1, 0.15) is 11.3 Å². The zero-order valence-corrected chi connectivity index (χ0v) is 10.6. The zero-order chi connectivity index (χ0) is 12.4. The second-order valence-corrected chi connectivity index (χ2v) is 5.11. The summed E-state index contributed by atoms with van der Waals surface area (Å²) >= 11 is 0. The maximum atomic E-state index is 5.85. The van der Waals surface area contributed by atoms with E-state index in [9.17, 15) is 0 Å². The van der Waals surface area contributed by atoms with E-state index in [1.165, 1.54) is 25.7 Å². The summed E-state index contributed by atoms with van der Waals surface area (Å²) in [6.07, 6.45) is 5.31. The highest BCUT2D eigenvalue weighted by atomic mass is 16.3. The second-order valence-electron chi connectivity index (χ2n) is 5.11. The molecule has 3 heteroatoms. The van der Waals surface area contributed by atoms with Crippen molar-refractivity contribution in [3.05, 3.63) is 35.6 Å². The molecule has 0 aliphatic heterocycles. The summed E-state index contributed by atoms with van der Waals surface area (Å²) in [7, 11) is 0. The smallest absolute Gasteiger partial charge is 0.134 e. The zero-order valence-electron chi connectivity index (χ0n) is 10.6. The van der Waals surface area contributed by atoms with Gasteiger partial charge in [0, 0.05) is 18.0 Å². The molecule has 1 aliphatic carbocycles. The summed E-state index contributed by atoms with van der Waals surface area (Å²) in [5.41, 5.74) is 7.84. The van der Waals surface area contributed by atoms with Crippen LogP contribution in [0.3, 0.4) is 0 Å². The van der Waals surface area contributed by atoms with Gasteiger partial charge in [0.15, 0.2) is 0 Å². The number of furan rings is 1. The first kappa shape index (κ1) is 11.8. The molecule has 3 nitrogen and oxygen atoms in total. The number of hydrogen-bond donors (Lipinski definition) is 2. The van der Waals surface area contributed by atoms with Gasteiger partial charge in [-0.05, 0) is 30.5 Å². The van der Waals surface area contributed by atoms with Crippen LogP contribution >= 0.6 is 0 Å². The Hall–Kier alpha value is -1.32. The van der Waals surface area contributed by atoms with Crippen molar-refractivity contribution in [1.29, 1.82) is 0 Å². The summed E-state index contributed by atoms with van der Waals surface area (Å²) in [4.78, 5) is 0. The molecule has 0 amide bonds. The fourth-order valence-electron chi connectivity index (χ4n) is 2.81. The third kappa shape index (κ3) is 2.28. The van der Waals surface area contributed by atoms with Crippen LogP contribution in [0.2, 0.25) is 0 Å². The molecule has 96 valence electrons. The normalized spacial score (nSPS) is 16.7. The van der Waals surface area contributed by atoms with Gasteiger partial charge in [0.25, 0.3) is 0 Å². The van der Waals surface area contributed by atoms with Gasteiger partial charge in [0.2, 0.25) is 0 Å². The van der Waals surface area contributed by atoms with Crippen molar-refractivity contribution in [2.45, 2.75) is 44.8 Å². The van der Waals surface area contributed by atoms with Crippen molar-refractivity contribution in [2.75, 3.05) is 0 Å². The number of fused-ring (bicyclic) bond motifs is 1. The van der Waals surface area contributed by atoms with Crippen LogP contribution in [0.1, 0.15) is 37.0 Å². The molecule has 1 aromatic carbocycles. The summed E-state index contributed by atoms with van der Waals surface area (Å²) in [5, 5.41) is 4.73. The monoisotopic (exact) mass is 244 g/mol. The van der Waals surface area contributed by atoms with E-state index < -0.39 is 0 Å². The lowest BCUT2D eigenvalue weighted by Crippen LogP contribution is -2.24. The quantitative estimate of drug-likeness (QED) is 0.869. The average Bonchev–Trinajstić information content (AvgIpc) is 3.04. The lowest BCUT2D eigenvalue weighted by molar-refractivity contribution is 0.462. The van der Waals surface area contributed by atoms with Crippen molar-refractivity contribution < 1.29 is 4.42 Å². The number of rotatable bonds is 4. The average molecular weight is 244 g/mol. The van der Waals surface area contributed by atoms with Gasteiger partial charge in [-0.2, -0.15) is 0 Å². The third-order valence-corrected chi connectivity index (χ3v) is 3.84. The highest BCUT2D eigenvalue weighted by Gasteiger charge is 2.15. The van der Waals surface area contributed by atoms with E-state index in [2.05, 4.69) is 17.4 Å². The van der Waals surface area contributed by atoms with Crippen molar-refractivity contribution in [3.63, 3.8) is 0 Å². The summed E-state index contributed by atoms with van der Waals surface area (Å²) in [6, 6.07) is 8.87. The van der Waals surface area contributed by atoms with E-state index in [0.717, 1.165) is 28.8 Å². The van der Waals surface area contributed by atoms with Gasteiger partial charge in [0.05, 0.1) is 6.54 Å². The minimum Gasteiger partial charge on any atom is -0.460 e. The van der Waals surface area contributed by atoms with Gasteiger partial charge in [-0.25, -0.2) is 0 Å². The first-order valence-electron chi connectivity index (χ1n) is 6.80. The number of nitrogens with two attached hydrogens (primary N) is 1. The maximum Gasteiger partial charge on any atom is 0.134 e. The van der Waals surface area contributed by atoms with E-state index in [1.807, 2.05) is 12.1 Å². The van der Waals surface area contributed by atoms with Crippen LogP contribution in [0.4, 0.5) is 0 Å². The van der Waals surface area contributed by atoms with Crippen LogP contribution in [-0.4, -0.2) is 6.04 Å². The first-order chi connectivity index (χ1) is 8.86. The molecule has 1 aromatic heterocycles. The maximum absolute atomic E-state index is 5.85. The molecule has 1 aliphatic rings. The van der Waals surface area contributed by atoms with Crippen molar-refractivity contribution in [3.8, 4) is 0 Å². The molecule has 0 spiro atoms. The van der Waals surface area contributed by atoms with Gasteiger partial charge >= 0.3 is 0 Å². The Morgan fingerprint density at radius 2 is 2.11 bits per heavy atom. The lowest BCUT2D eigenvalue weighted by atomic mass is 10.1. The van der Waals surface area contributed by atoms with E-state index in [1.54, 1.807) is 0 Å². The predicted octanol–water partition coefficient (Wildman–Crippen LogP) is 2.92. The number of hydrogen-bond acceptors (Lipinski definition) is 3. The van der Waals surface area contributed by atoms with Crippen LogP contribution in [0.25, 0.3) is 11.0 Å². The Morgan fingerprint density at radius 1 is 1.28 bits per heavy atom. The Balaban J connectivity index is 1.76.